The predicted molar refractivity (Wildman–Crippen MR) is 85.2 cm³/mol. The highest BCUT2D eigenvalue weighted by molar-refractivity contribution is 5.74. The molecule has 0 unspecified atom stereocenters. The van der Waals surface area contributed by atoms with Crippen LogP contribution in [0.4, 0.5) is 0 Å². The maximum atomic E-state index is 11.6. The van der Waals surface area contributed by atoms with Gasteiger partial charge in [0.25, 0.3) is 0 Å². The Hall–Kier alpha value is -1.55. The van der Waals surface area contributed by atoms with Crippen LogP contribution < -0.4 is 4.74 Å². The van der Waals surface area contributed by atoms with Crippen LogP contribution in [-0.2, 0) is 4.79 Å². The molecule has 0 spiro atoms. The van der Waals surface area contributed by atoms with E-state index in [4.69, 9.17) is 4.74 Å². The van der Waals surface area contributed by atoms with Crippen molar-refractivity contribution in [1.29, 1.82) is 0 Å². The Bertz CT molecular complexity index is 531. The van der Waals surface area contributed by atoms with Gasteiger partial charge >= 0.3 is 5.97 Å². The number of aryl methyl sites for hydroxylation is 1. The summed E-state index contributed by atoms with van der Waals surface area (Å²) in [5.74, 6) is 0.755. The molecule has 4 heteroatoms. The lowest BCUT2D eigenvalue weighted by atomic mass is 9.85. The zero-order valence-corrected chi connectivity index (χ0v) is 13.2. The number of hydrogen-bond donors (Lipinski definition) is 1. The summed E-state index contributed by atoms with van der Waals surface area (Å²) in [6.07, 6.45) is 5.61. The average molecular weight is 303 g/mol. The number of fused-ring (bicyclic) bond motifs is 1. The molecule has 1 aliphatic carbocycles. The molecule has 0 amide bonds. The lowest BCUT2D eigenvalue weighted by Crippen LogP contribution is -2.44. The van der Waals surface area contributed by atoms with Crippen LogP contribution in [-0.4, -0.2) is 41.2 Å². The first-order valence-corrected chi connectivity index (χ1v) is 8.33. The van der Waals surface area contributed by atoms with E-state index < -0.39 is 5.97 Å². The molecule has 22 heavy (non-hydrogen) atoms. The van der Waals surface area contributed by atoms with Gasteiger partial charge in [-0.15, -0.1) is 0 Å². The standard InChI is InChI=1S/C18H25NO3/c1-13-5-4-7-15(11-13)22-10-9-19-16-8-3-2-6-14(16)12-17(19)18(20)21/h4-5,7,11,14,16-17H,2-3,6,8-10,12H2,1H3,(H,20,21)/t14-,16+,17-/m0/s1. The van der Waals surface area contributed by atoms with Crippen molar-refractivity contribution in [2.45, 2.75) is 51.1 Å². The topological polar surface area (TPSA) is 49.8 Å². The molecule has 1 aromatic carbocycles. The van der Waals surface area contributed by atoms with Gasteiger partial charge in [0.2, 0.25) is 0 Å². The van der Waals surface area contributed by atoms with Crippen molar-refractivity contribution in [1.82, 2.24) is 4.90 Å². The number of ether oxygens (including phenoxy) is 1. The van der Waals surface area contributed by atoms with E-state index >= 15 is 0 Å². The number of aliphatic carboxylic acids is 1. The smallest absolute Gasteiger partial charge is 0.320 e. The van der Waals surface area contributed by atoms with Crippen molar-refractivity contribution in [2.24, 2.45) is 5.92 Å². The molecule has 1 aliphatic heterocycles. The molecule has 3 rings (SSSR count). The van der Waals surface area contributed by atoms with Gasteiger partial charge in [-0.25, -0.2) is 0 Å². The van der Waals surface area contributed by atoms with Gasteiger partial charge in [0.1, 0.15) is 18.4 Å². The van der Waals surface area contributed by atoms with Crippen molar-refractivity contribution in [3.63, 3.8) is 0 Å². The molecule has 1 saturated carbocycles. The Labute approximate surface area is 132 Å². The summed E-state index contributed by atoms with van der Waals surface area (Å²) in [5, 5.41) is 9.50. The van der Waals surface area contributed by atoms with Crippen LogP contribution in [0.1, 0.15) is 37.7 Å². The summed E-state index contributed by atoms with van der Waals surface area (Å²) in [7, 11) is 0. The summed E-state index contributed by atoms with van der Waals surface area (Å²) in [4.78, 5) is 13.7. The van der Waals surface area contributed by atoms with Crippen LogP contribution in [0.25, 0.3) is 0 Å². The van der Waals surface area contributed by atoms with Crippen LogP contribution in [0.3, 0.4) is 0 Å². The fourth-order valence-corrected chi connectivity index (χ4v) is 4.09. The maximum absolute atomic E-state index is 11.6. The van der Waals surface area contributed by atoms with Crippen LogP contribution in [0.15, 0.2) is 24.3 Å². The van der Waals surface area contributed by atoms with Gasteiger partial charge < -0.3 is 9.84 Å². The second-order valence-electron chi connectivity index (χ2n) is 6.60. The third-order valence-electron chi connectivity index (χ3n) is 5.11. The average Bonchev–Trinajstić information content (AvgIpc) is 2.87. The fraction of sp³-hybridized carbons (Fsp3) is 0.611. The Balaban J connectivity index is 1.60. The number of benzene rings is 1. The van der Waals surface area contributed by atoms with E-state index in [9.17, 15) is 9.90 Å². The second-order valence-corrected chi connectivity index (χ2v) is 6.60. The van der Waals surface area contributed by atoms with Crippen LogP contribution in [0.5, 0.6) is 5.75 Å². The lowest BCUT2D eigenvalue weighted by Gasteiger charge is -2.32. The summed E-state index contributed by atoms with van der Waals surface area (Å²) in [6.45, 7) is 3.29. The Morgan fingerprint density at radius 3 is 2.95 bits per heavy atom. The number of nitrogens with zero attached hydrogens (tertiary/aromatic N) is 1. The quantitative estimate of drug-likeness (QED) is 0.908. The summed E-state index contributed by atoms with van der Waals surface area (Å²) in [6, 6.07) is 8.11. The van der Waals surface area contributed by atoms with E-state index in [1.165, 1.54) is 24.8 Å². The number of likely N-dealkylation sites (tertiary alicyclic amines) is 1. The molecule has 3 atom stereocenters. The van der Waals surface area contributed by atoms with Crippen LogP contribution in [0.2, 0.25) is 0 Å². The van der Waals surface area contributed by atoms with Crippen molar-refractivity contribution >= 4 is 5.97 Å². The van der Waals surface area contributed by atoms with Gasteiger partial charge in [-0.3, -0.25) is 9.69 Å². The van der Waals surface area contributed by atoms with Gasteiger partial charge in [-0.1, -0.05) is 25.0 Å². The van der Waals surface area contributed by atoms with E-state index in [0.717, 1.165) is 18.6 Å². The molecule has 2 fully saturated rings. The fourth-order valence-electron chi connectivity index (χ4n) is 4.09. The molecule has 1 aromatic rings. The highest BCUT2D eigenvalue weighted by Gasteiger charge is 2.44. The first kappa shape index (κ1) is 15.3. The highest BCUT2D eigenvalue weighted by atomic mass is 16.5. The van der Waals surface area contributed by atoms with E-state index in [1.807, 2.05) is 31.2 Å². The zero-order chi connectivity index (χ0) is 15.5. The van der Waals surface area contributed by atoms with Crippen molar-refractivity contribution in [3.8, 4) is 5.75 Å². The normalized spacial score (nSPS) is 28.3. The number of carboxylic acids is 1. The van der Waals surface area contributed by atoms with Gasteiger partial charge in [-0.2, -0.15) is 0 Å². The maximum Gasteiger partial charge on any atom is 0.320 e. The number of carboxylic acid groups (broad SMARTS) is 1. The molecule has 1 heterocycles. The summed E-state index contributed by atoms with van der Waals surface area (Å²) >= 11 is 0. The van der Waals surface area contributed by atoms with Crippen LogP contribution >= 0.6 is 0 Å². The van der Waals surface area contributed by atoms with Gasteiger partial charge in [0.05, 0.1) is 0 Å². The third-order valence-corrected chi connectivity index (χ3v) is 5.11. The summed E-state index contributed by atoms with van der Waals surface area (Å²) < 4.78 is 5.82. The monoisotopic (exact) mass is 303 g/mol. The number of hydrogen-bond acceptors (Lipinski definition) is 3. The Morgan fingerprint density at radius 1 is 1.36 bits per heavy atom. The lowest BCUT2D eigenvalue weighted by molar-refractivity contribution is -0.142. The Morgan fingerprint density at radius 2 is 2.18 bits per heavy atom. The minimum Gasteiger partial charge on any atom is -0.492 e. The molecule has 120 valence electrons. The Kier molecular flexibility index (Phi) is 4.67. The molecule has 0 bridgehead atoms. The van der Waals surface area contributed by atoms with Gasteiger partial charge in [0.15, 0.2) is 0 Å². The molecule has 2 aliphatic rings. The minimum atomic E-state index is -0.676. The van der Waals surface area contributed by atoms with E-state index in [1.54, 1.807) is 0 Å². The van der Waals surface area contributed by atoms with Crippen molar-refractivity contribution < 1.29 is 14.6 Å². The molecule has 0 aromatic heterocycles. The van der Waals surface area contributed by atoms with Crippen molar-refractivity contribution in [3.05, 3.63) is 29.8 Å². The molecule has 4 nitrogen and oxygen atoms in total. The molecular weight excluding hydrogens is 278 g/mol. The van der Waals surface area contributed by atoms with Gasteiger partial charge in [-0.05, 0) is 49.8 Å². The van der Waals surface area contributed by atoms with E-state index in [0.29, 0.717) is 25.1 Å². The van der Waals surface area contributed by atoms with Gasteiger partial charge in [0, 0.05) is 12.6 Å². The first-order chi connectivity index (χ1) is 10.6. The molecule has 0 radical (unpaired) electrons. The van der Waals surface area contributed by atoms with E-state index in [2.05, 4.69) is 4.90 Å². The summed E-state index contributed by atoms with van der Waals surface area (Å²) in [5.41, 5.74) is 1.18. The number of carbonyl (C=O) groups is 1. The molecule has 1 saturated heterocycles. The largest absolute Gasteiger partial charge is 0.492 e. The number of rotatable bonds is 5. The highest BCUT2D eigenvalue weighted by Crippen LogP contribution is 2.39. The molecule has 1 N–H and O–H groups in total. The zero-order valence-electron chi connectivity index (χ0n) is 13.2. The predicted octanol–water partition coefficient (Wildman–Crippen LogP) is 3.09. The van der Waals surface area contributed by atoms with Crippen LogP contribution in [0, 0.1) is 12.8 Å². The van der Waals surface area contributed by atoms with E-state index in [-0.39, 0.29) is 6.04 Å². The second kappa shape index (κ2) is 6.69. The third kappa shape index (κ3) is 3.27. The first-order valence-electron chi connectivity index (χ1n) is 8.33. The minimum absolute atomic E-state index is 0.325. The molecular formula is C18H25NO3. The SMILES string of the molecule is Cc1cccc(OCCN2[C@@H]3CCCC[C@H]3C[C@H]2C(=O)O)c1. The van der Waals surface area contributed by atoms with Crippen molar-refractivity contribution in [2.75, 3.05) is 13.2 Å².